The maximum atomic E-state index is 13.4. The second-order valence-electron chi connectivity index (χ2n) is 9.32. The van der Waals surface area contributed by atoms with Gasteiger partial charge in [0.1, 0.15) is 0 Å². The van der Waals surface area contributed by atoms with E-state index in [1.54, 1.807) is 0 Å². The van der Waals surface area contributed by atoms with E-state index < -0.39 is 0 Å². The van der Waals surface area contributed by atoms with Crippen LogP contribution in [0.2, 0.25) is 0 Å². The van der Waals surface area contributed by atoms with E-state index in [2.05, 4.69) is 40.5 Å². The fraction of sp³-hybridized carbons (Fsp3) is 0.481. The van der Waals surface area contributed by atoms with E-state index in [1.807, 2.05) is 37.2 Å². The van der Waals surface area contributed by atoms with Crippen molar-refractivity contribution in [2.24, 2.45) is 11.8 Å². The minimum Gasteiger partial charge on any atom is -0.378 e. The molecule has 1 aliphatic heterocycles. The molecule has 2 unspecified atom stereocenters. The van der Waals surface area contributed by atoms with E-state index in [0.29, 0.717) is 6.54 Å². The highest BCUT2D eigenvalue weighted by Crippen LogP contribution is 2.35. The number of para-hydroxylation sites is 1. The fourth-order valence-corrected chi connectivity index (χ4v) is 5.10. The number of carbonyl (C=O) groups is 2. The van der Waals surface area contributed by atoms with Crippen LogP contribution in [-0.2, 0) is 22.4 Å². The van der Waals surface area contributed by atoms with Crippen LogP contribution < -0.4 is 15.1 Å². The first kappa shape index (κ1) is 22.4. The highest BCUT2D eigenvalue weighted by Gasteiger charge is 2.39. The topological polar surface area (TPSA) is 52.7 Å². The number of hydrogen-bond acceptors (Lipinski definition) is 3. The third-order valence-corrected chi connectivity index (χ3v) is 6.97. The molecule has 2 atom stereocenters. The van der Waals surface area contributed by atoms with Crippen molar-refractivity contribution in [3.8, 4) is 0 Å². The fourth-order valence-electron chi connectivity index (χ4n) is 5.10. The lowest BCUT2D eigenvalue weighted by Gasteiger charge is -2.32. The summed E-state index contributed by atoms with van der Waals surface area (Å²) in [7, 11) is 4.08. The van der Waals surface area contributed by atoms with Crippen LogP contribution in [0.5, 0.6) is 0 Å². The van der Waals surface area contributed by atoms with Crippen LogP contribution in [0, 0.1) is 11.8 Å². The van der Waals surface area contributed by atoms with Gasteiger partial charge in [0.2, 0.25) is 11.8 Å². The van der Waals surface area contributed by atoms with E-state index in [0.717, 1.165) is 57.2 Å². The quantitative estimate of drug-likeness (QED) is 0.666. The Labute approximate surface area is 191 Å². The number of aryl methyl sites for hydroxylation is 1. The van der Waals surface area contributed by atoms with Crippen LogP contribution in [-0.4, -0.2) is 39.0 Å². The summed E-state index contributed by atoms with van der Waals surface area (Å²) >= 11 is 0. The van der Waals surface area contributed by atoms with Crippen molar-refractivity contribution in [1.29, 1.82) is 0 Å². The van der Waals surface area contributed by atoms with Gasteiger partial charge in [-0.3, -0.25) is 9.59 Å². The molecule has 2 amide bonds. The van der Waals surface area contributed by atoms with Gasteiger partial charge in [0.25, 0.3) is 0 Å². The van der Waals surface area contributed by atoms with Gasteiger partial charge < -0.3 is 15.1 Å². The number of hydrogen-bond donors (Lipinski definition) is 1. The molecule has 1 fully saturated rings. The Morgan fingerprint density at radius 2 is 1.72 bits per heavy atom. The minimum absolute atomic E-state index is 0.0542. The molecule has 1 heterocycles. The summed E-state index contributed by atoms with van der Waals surface area (Å²) in [5.41, 5.74) is 4.73. The van der Waals surface area contributed by atoms with Crippen LogP contribution in [0.25, 0.3) is 0 Å². The van der Waals surface area contributed by atoms with E-state index in [4.69, 9.17) is 0 Å². The number of carbonyl (C=O) groups excluding carboxylic acids is 2. The van der Waals surface area contributed by atoms with E-state index >= 15 is 0 Å². The average Bonchev–Trinajstić information content (AvgIpc) is 3.26. The Hall–Kier alpha value is -2.82. The van der Waals surface area contributed by atoms with Gasteiger partial charge in [-0.15, -0.1) is 0 Å². The molecule has 0 spiro atoms. The maximum absolute atomic E-state index is 13.4. The first-order valence-corrected chi connectivity index (χ1v) is 12.0. The highest BCUT2D eigenvalue weighted by atomic mass is 16.2. The number of nitrogens with zero attached hydrogens (tertiary/aromatic N) is 2. The molecule has 170 valence electrons. The van der Waals surface area contributed by atoms with Crippen LogP contribution in [0.1, 0.15) is 43.2 Å². The molecular weight excluding hydrogens is 398 g/mol. The van der Waals surface area contributed by atoms with E-state index in [1.165, 1.54) is 16.8 Å². The van der Waals surface area contributed by atoms with E-state index in [9.17, 15) is 9.59 Å². The minimum atomic E-state index is -0.205. The molecular formula is C27H35N3O2. The van der Waals surface area contributed by atoms with Crippen molar-refractivity contribution < 1.29 is 9.59 Å². The molecule has 0 saturated heterocycles. The van der Waals surface area contributed by atoms with Crippen LogP contribution >= 0.6 is 0 Å². The summed E-state index contributed by atoms with van der Waals surface area (Å²) in [5, 5.41) is 3.13. The van der Waals surface area contributed by atoms with Gasteiger partial charge in [0.15, 0.2) is 0 Å². The summed E-state index contributed by atoms with van der Waals surface area (Å²) in [6, 6.07) is 16.7. The van der Waals surface area contributed by atoms with Crippen molar-refractivity contribution >= 4 is 23.2 Å². The molecule has 1 saturated carbocycles. The van der Waals surface area contributed by atoms with Gasteiger partial charge >= 0.3 is 0 Å². The molecule has 4 rings (SSSR count). The third kappa shape index (κ3) is 4.98. The Morgan fingerprint density at radius 3 is 2.47 bits per heavy atom. The van der Waals surface area contributed by atoms with Crippen molar-refractivity contribution in [2.75, 3.05) is 37.0 Å². The Kier molecular flexibility index (Phi) is 7.13. The average molecular weight is 434 g/mol. The predicted molar refractivity (Wildman–Crippen MR) is 130 cm³/mol. The van der Waals surface area contributed by atoms with Crippen molar-refractivity contribution in [3.05, 3.63) is 59.7 Å². The molecule has 0 aromatic heterocycles. The Balaban J connectivity index is 1.30. The van der Waals surface area contributed by atoms with Crippen LogP contribution in [0.4, 0.5) is 11.4 Å². The van der Waals surface area contributed by atoms with Crippen molar-refractivity contribution in [2.45, 2.75) is 44.9 Å². The third-order valence-electron chi connectivity index (χ3n) is 6.97. The highest BCUT2D eigenvalue weighted by molar-refractivity contribution is 5.99. The van der Waals surface area contributed by atoms with Gasteiger partial charge in [0.05, 0.1) is 5.92 Å². The first-order valence-electron chi connectivity index (χ1n) is 12.0. The number of nitrogens with one attached hydrogen (secondary N) is 1. The molecule has 32 heavy (non-hydrogen) atoms. The lowest BCUT2D eigenvalue weighted by atomic mass is 9.77. The number of fused-ring (bicyclic) bond motifs is 1. The monoisotopic (exact) mass is 433 g/mol. The van der Waals surface area contributed by atoms with E-state index in [-0.39, 0.29) is 23.7 Å². The molecule has 5 heteroatoms. The first-order chi connectivity index (χ1) is 15.5. The zero-order valence-corrected chi connectivity index (χ0v) is 19.3. The van der Waals surface area contributed by atoms with Crippen molar-refractivity contribution in [3.63, 3.8) is 0 Å². The zero-order chi connectivity index (χ0) is 22.5. The smallest absolute Gasteiger partial charge is 0.230 e. The summed E-state index contributed by atoms with van der Waals surface area (Å²) in [5.74, 6) is -0.217. The molecule has 5 nitrogen and oxygen atoms in total. The SMILES string of the molecule is CN(C)c1ccc(CCCNC(=O)C2CCCCC2C(=O)N2CCc3ccccc32)cc1. The summed E-state index contributed by atoms with van der Waals surface area (Å²) in [6.07, 6.45) is 6.41. The molecule has 1 N–H and O–H groups in total. The molecule has 0 bridgehead atoms. The second kappa shape index (κ2) is 10.2. The Morgan fingerprint density at radius 1 is 1.00 bits per heavy atom. The largest absolute Gasteiger partial charge is 0.378 e. The summed E-state index contributed by atoms with van der Waals surface area (Å²) in [4.78, 5) is 30.4. The van der Waals surface area contributed by atoms with Gasteiger partial charge in [-0.1, -0.05) is 43.2 Å². The number of anilines is 2. The number of benzene rings is 2. The summed E-state index contributed by atoms with van der Waals surface area (Å²) < 4.78 is 0. The standard InChI is InChI=1S/C27H35N3O2/c1-29(2)22-15-13-20(14-16-22)8-7-18-28-26(31)23-10-4-5-11-24(23)27(32)30-19-17-21-9-3-6-12-25(21)30/h3,6,9,12-16,23-24H,4-5,7-8,10-11,17-19H2,1-2H3,(H,28,31). The molecule has 0 radical (unpaired) electrons. The van der Waals surface area contributed by atoms with Crippen molar-refractivity contribution in [1.82, 2.24) is 5.32 Å². The Bertz CT molecular complexity index is 938. The van der Waals surface area contributed by atoms with Crippen LogP contribution in [0.15, 0.2) is 48.5 Å². The summed E-state index contributed by atoms with van der Waals surface area (Å²) in [6.45, 7) is 1.38. The van der Waals surface area contributed by atoms with Gasteiger partial charge in [-0.2, -0.15) is 0 Å². The molecule has 2 aromatic carbocycles. The number of rotatable bonds is 7. The maximum Gasteiger partial charge on any atom is 0.230 e. The molecule has 1 aliphatic carbocycles. The zero-order valence-electron chi connectivity index (χ0n) is 19.3. The lowest BCUT2D eigenvalue weighted by Crippen LogP contribution is -2.45. The van der Waals surface area contributed by atoms with Gasteiger partial charge in [-0.25, -0.2) is 0 Å². The normalized spacial score (nSPS) is 20.0. The lowest BCUT2D eigenvalue weighted by molar-refractivity contribution is -0.135. The van der Waals surface area contributed by atoms with Gasteiger partial charge in [-0.05, 0) is 61.4 Å². The molecule has 2 aliphatic rings. The van der Waals surface area contributed by atoms with Gasteiger partial charge in [0, 0.05) is 44.5 Å². The molecule has 2 aromatic rings. The second-order valence-corrected chi connectivity index (χ2v) is 9.32. The predicted octanol–water partition coefficient (Wildman–Crippen LogP) is 4.20. The number of amides is 2. The van der Waals surface area contributed by atoms with Crippen LogP contribution in [0.3, 0.4) is 0 Å².